The summed E-state index contributed by atoms with van der Waals surface area (Å²) < 4.78 is 0. The van der Waals surface area contributed by atoms with Crippen molar-refractivity contribution in [1.29, 1.82) is 5.26 Å². The number of aromatic amines is 1. The second-order valence-corrected chi connectivity index (χ2v) is 7.90. The summed E-state index contributed by atoms with van der Waals surface area (Å²) >= 11 is 0. The number of para-hydroxylation sites is 1. The Morgan fingerprint density at radius 2 is 2.07 bits per heavy atom. The molecule has 0 saturated carbocycles. The molecule has 2 aliphatic rings. The fourth-order valence-corrected chi connectivity index (χ4v) is 4.68. The van der Waals surface area contributed by atoms with E-state index in [-0.39, 0.29) is 0 Å². The van der Waals surface area contributed by atoms with Gasteiger partial charge in [-0.05, 0) is 31.9 Å². The molecule has 2 bridgehead atoms. The highest BCUT2D eigenvalue weighted by molar-refractivity contribution is 5.89. The van der Waals surface area contributed by atoms with Crippen LogP contribution in [0.3, 0.4) is 0 Å². The third kappa shape index (κ3) is 3.38. The Kier molecular flexibility index (Phi) is 4.52. The minimum atomic E-state index is 0.513. The Labute approximate surface area is 169 Å². The van der Waals surface area contributed by atoms with E-state index in [0.717, 1.165) is 47.9 Å². The topological polar surface area (TPSA) is 96.8 Å². The molecule has 2 atom stereocenters. The van der Waals surface area contributed by atoms with Crippen molar-refractivity contribution in [2.75, 3.05) is 29.9 Å². The van der Waals surface area contributed by atoms with Crippen molar-refractivity contribution in [2.45, 2.75) is 38.3 Å². The predicted octanol–water partition coefficient (Wildman–Crippen LogP) is 2.97. The molecule has 0 aliphatic carbocycles. The zero-order chi connectivity index (χ0) is 19.8. The van der Waals surface area contributed by atoms with Gasteiger partial charge in [-0.3, -0.25) is 15.0 Å². The van der Waals surface area contributed by atoms with Gasteiger partial charge in [0.05, 0.1) is 23.5 Å². The molecule has 2 saturated heterocycles. The van der Waals surface area contributed by atoms with Crippen molar-refractivity contribution < 1.29 is 0 Å². The van der Waals surface area contributed by atoms with Gasteiger partial charge in [-0.1, -0.05) is 6.07 Å². The molecule has 8 nitrogen and oxygen atoms in total. The molecule has 3 aromatic rings. The first-order chi connectivity index (χ1) is 14.2. The third-order valence-corrected chi connectivity index (χ3v) is 5.97. The van der Waals surface area contributed by atoms with Crippen molar-refractivity contribution in [3.63, 3.8) is 0 Å². The van der Waals surface area contributed by atoms with Gasteiger partial charge in [0.25, 0.3) is 0 Å². The number of aryl methyl sites for hydroxylation is 1. The highest BCUT2D eigenvalue weighted by atomic mass is 15.3. The van der Waals surface area contributed by atoms with Crippen LogP contribution in [0.4, 0.5) is 17.3 Å². The normalized spacial score (nSPS) is 21.4. The Morgan fingerprint density at radius 1 is 1.24 bits per heavy atom. The molecule has 2 aromatic heterocycles. The second-order valence-electron chi connectivity index (χ2n) is 7.90. The summed E-state index contributed by atoms with van der Waals surface area (Å²) in [4.78, 5) is 14.5. The van der Waals surface area contributed by atoms with Gasteiger partial charge in [0.2, 0.25) is 0 Å². The molecular weight excluding hydrogens is 364 g/mol. The Morgan fingerprint density at radius 3 is 2.79 bits per heavy atom. The van der Waals surface area contributed by atoms with Crippen molar-refractivity contribution in [2.24, 2.45) is 0 Å². The van der Waals surface area contributed by atoms with Gasteiger partial charge in [-0.25, -0.2) is 4.98 Å². The maximum atomic E-state index is 8.96. The zero-order valence-electron chi connectivity index (χ0n) is 16.5. The Bertz CT molecular complexity index is 1050. The van der Waals surface area contributed by atoms with Crippen LogP contribution in [0.15, 0.2) is 30.5 Å². The van der Waals surface area contributed by atoms with Gasteiger partial charge in [0.15, 0.2) is 11.6 Å². The predicted molar refractivity (Wildman–Crippen MR) is 112 cm³/mol. The van der Waals surface area contributed by atoms with E-state index in [4.69, 9.17) is 10.2 Å². The molecule has 0 radical (unpaired) electrons. The van der Waals surface area contributed by atoms with Crippen molar-refractivity contribution in [3.05, 3.63) is 36.2 Å². The molecule has 148 valence electrons. The standard InChI is InChI=1S/C21H24N8/c1-14-10-19(27-26-14)24-20-11-23-17-4-2-5-18(21(17)25-20)28-12-15-6-7-16(13-28)29(15)9-3-8-22/h2,4-5,10-11,15-16H,3,6-7,9,12-13H2,1H3,(H2,24,25,26,27)/t15-,16+. The minimum absolute atomic E-state index is 0.513. The molecule has 1 aromatic carbocycles. The number of nitrogens with one attached hydrogen (secondary N) is 2. The molecular formula is C21H24N8. The summed E-state index contributed by atoms with van der Waals surface area (Å²) in [5.41, 5.74) is 3.93. The number of aromatic nitrogens is 4. The van der Waals surface area contributed by atoms with Crippen LogP contribution < -0.4 is 10.2 Å². The van der Waals surface area contributed by atoms with E-state index in [1.807, 2.05) is 19.1 Å². The smallest absolute Gasteiger partial charge is 0.153 e. The molecule has 0 amide bonds. The van der Waals surface area contributed by atoms with Crippen LogP contribution in [0.5, 0.6) is 0 Å². The van der Waals surface area contributed by atoms with Crippen LogP contribution in [0.2, 0.25) is 0 Å². The number of rotatable bonds is 5. The van der Waals surface area contributed by atoms with E-state index in [9.17, 15) is 0 Å². The zero-order valence-corrected chi connectivity index (χ0v) is 16.5. The van der Waals surface area contributed by atoms with Crippen LogP contribution >= 0.6 is 0 Å². The highest BCUT2D eigenvalue weighted by Crippen LogP contribution is 2.35. The first-order valence-corrected chi connectivity index (χ1v) is 10.1. The lowest BCUT2D eigenvalue weighted by atomic mass is 10.1. The van der Waals surface area contributed by atoms with Crippen molar-refractivity contribution >= 4 is 28.4 Å². The monoisotopic (exact) mass is 388 g/mol. The SMILES string of the molecule is Cc1cc(Nc2cnc3cccc(N4C[C@H]5CC[C@@H](C4)N5CCC#N)c3n2)n[nH]1. The van der Waals surface area contributed by atoms with Gasteiger partial charge in [-0.2, -0.15) is 10.4 Å². The lowest BCUT2D eigenvalue weighted by molar-refractivity contribution is 0.173. The lowest BCUT2D eigenvalue weighted by Crippen LogP contribution is -2.54. The number of hydrogen-bond acceptors (Lipinski definition) is 7. The maximum Gasteiger partial charge on any atom is 0.153 e. The maximum absolute atomic E-state index is 8.96. The number of hydrogen-bond donors (Lipinski definition) is 2. The fraction of sp³-hybridized carbons (Fsp3) is 0.429. The number of benzene rings is 1. The Balaban J connectivity index is 1.43. The first-order valence-electron chi connectivity index (χ1n) is 10.1. The summed E-state index contributed by atoms with van der Waals surface area (Å²) in [5, 5.41) is 19.3. The van der Waals surface area contributed by atoms with Gasteiger partial charge >= 0.3 is 0 Å². The molecule has 4 heterocycles. The van der Waals surface area contributed by atoms with Gasteiger partial charge in [-0.15, -0.1) is 0 Å². The van der Waals surface area contributed by atoms with E-state index < -0.39 is 0 Å². The van der Waals surface area contributed by atoms with Crippen LogP contribution in [-0.2, 0) is 0 Å². The number of H-pyrrole nitrogens is 1. The van der Waals surface area contributed by atoms with Crippen LogP contribution in [0.1, 0.15) is 25.0 Å². The summed E-state index contributed by atoms with van der Waals surface area (Å²) in [6.07, 6.45) is 4.76. The number of anilines is 3. The Hall–Kier alpha value is -3.18. The van der Waals surface area contributed by atoms with Gasteiger partial charge in [0, 0.05) is 49.9 Å². The molecule has 2 fully saturated rings. The van der Waals surface area contributed by atoms with Gasteiger partial charge in [0.1, 0.15) is 5.52 Å². The molecule has 2 aliphatic heterocycles. The van der Waals surface area contributed by atoms with Crippen molar-refractivity contribution in [1.82, 2.24) is 25.1 Å². The number of nitrogens with zero attached hydrogens (tertiary/aromatic N) is 6. The third-order valence-electron chi connectivity index (χ3n) is 5.97. The van der Waals surface area contributed by atoms with E-state index in [1.165, 1.54) is 12.8 Å². The van der Waals surface area contributed by atoms with Crippen LogP contribution in [0.25, 0.3) is 11.0 Å². The first kappa shape index (κ1) is 17.9. The molecule has 2 N–H and O–H groups in total. The number of piperazine rings is 1. The van der Waals surface area contributed by atoms with E-state index >= 15 is 0 Å². The van der Waals surface area contributed by atoms with Crippen LogP contribution in [0, 0.1) is 18.3 Å². The molecule has 0 unspecified atom stereocenters. The fourth-order valence-electron chi connectivity index (χ4n) is 4.68. The summed E-state index contributed by atoms with van der Waals surface area (Å²) in [6.45, 7) is 4.79. The number of nitriles is 1. The summed E-state index contributed by atoms with van der Waals surface area (Å²) in [7, 11) is 0. The average molecular weight is 388 g/mol. The highest BCUT2D eigenvalue weighted by Gasteiger charge is 2.39. The quantitative estimate of drug-likeness (QED) is 0.693. The minimum Gasteiger partial charge on any atom is -0.367 e. The van der Waals surface area contributed by atoms with E-state index in [1.54, 1.807) is 6.20 Å². The molecule has 29 heavy (non-hydrogen) atoms. The summed E-state index contributed by atoms with van der Waals surface area (Å²) in [5.74, 6) is 1.42. The molecule has 5 rings (SSSR count). The van der Waals surface area contributed by atoms with Gasteiger partial charge < -0.3 is 10.2 Å². The lowest BCUT2D eigenvalue weighted by Gasteiger charge is -2.42. The van der Waals surface area contributed by atoms with Crippen molar-refractivity contribution in [3.8, 4) is 6.07 Å². The second kappa shape index (κ2) is 7.33. The largest absolute Gasteiger partial charge is 0.367 e. The van der Waals surface area contributed by atoms with E-state index in [0.29, 0.717) is 24.3 Å². The number of fused-ring (bicyclic) bond motifs is 3. The van der Waals surface area contributed by atoms with Crippen LogP contribution in [-0.4, -0.2) is 56.8 Å². The van der Waals surface area contributed by atoms with E-state index in [2.05, 4.69) is 48.5 Å². The molecule has 0 spiro atoms. The average Bonchev–Trinajstić information content (AvgIpc) is 3.24. The molecule has 8 heteroatoms. The summed E-state index contributed by atoms with van der Waals surface area (Å²) in [6, 6.07) is 11.5.